The van der Waals surface area contributed by atoms with E-state index in [9.17, 15) is 4.79 Å². The highest BCUT2D eigenvalue weighted by molar-refractivity contribution is 5.94. The van der Waals surface area contributed by atoms with Crippen molar-refractivity contribution in [2.75, 3.05) is 31.6 Å². The zero-order valence-electron chi connectivity index (χ0n) is 13.1. The zero-order chi connectivity index (χ0) is 15.1. The minimum atomic E-state index is 0.255. The van der Waals surface area contributed by atoms with Crippen LogP contribution in [0.25, 0.3) is 0 Å². The summed E-state index contributed by atoms with van der Waals surface area (Å²) in [4.78, 5) is 16.8. The first-order chi connectivity index (χ1) is 10.2. The Morgan fingerprint density at radius 3 is 2.71 bits per heavy atom. The first kappa shape index (κ1) is 16.0. The van der Waals surface area contributed by atoms with Gasteiger partial charge in [0.1, 0.15) is 0 Å². The van der Waals surface area contributed by atoms with Crippen molar-refractivity contribution in [3.8, 4) is 0 Å². The van der Waals surface area contributed by atoms with Gasteiger partial charge in [0.2, 0.25) is 5.91 Å². The summed E-state index contributed by atoms with van der Waals surface area (Å²) in [5.41, 5.74) is 7.83. The molecule has 1 aliphatic rings. The highest BCUT2D eigenvalue weighted by atomic mass is 16.2. The molecule has 0 saturated heterocycles. The van der Waals surface area contributed by atoms with Gasteiger partial charge in [-0.3, -0.25) is 4.79 Å². The number of likely N-dealkylation sites (N-methyl/N-ethyl adjacent to an activating group) is 1. The number of amides is 1. The van der Waals surface area contributed by atoms with Crippen LogP contribution in [0, 0.1) is 0 Å². The maximum atomic E-state index is 12.5. The van der Waals surface area contributed by atoms with Crippen LogP contribution in [0.5, 0.6) is 0 Å². The molecule has 0 unspecified atom stereocenters. The minimum Gasteiger partial charge on any atom is -0.330 e. The SMILES string of the molecule is CN1CCN(C(=O)CCCCCCN)c2ccccc2C1. The van der Waals surface area contributed by atoms with E-state index in [1.165, 1.54) is 5.56 Å². The van der Waals surface area contributed by atoms with Crippen LogP contribution < -0.4 is 10.6 Å². The Kier molecular flexibility index (Phi) is 6.21. The van der Waals surface area contributed by atoms with Crippen molar-refractivity contribution in [2.24, 2.45) is 5.73 Å². The van der Waals surface area contributed by atoms with Gasteiger partial charge in [0.25, 0.3) is 0 Å². The highest BCUT2D eigenvalue weighted by Gasteiger charge is 2.21. The molecule has 1 aromatic carbocycles. The van der Waals surface area contributed by atoms with Crippen molar-refractivity contribution in [2.45, 2.75) is 38.6 Å². The fourth-order valence-corrected chi connectivity index (χ4v) is 2.84. The van der Waals surface area contributed by atoms with E-state index in [1.807, 2.05) is 17.0 Å². The van der Waals surface area contributed by atoms with Gasteiger partial charge in [0.05, 0.1) is 0 Å². The Morgan fingerprint density at radius 2 is 1.90 bits per heavy atom. The van der Waals surface area contributed by atoms with E-state index in [-0.39, 0.29) is 5.91 Å². The number of benzene rings is 1. The third kappa shape index (κ3) is 4.55. The molecule has 4 heteroatoms. The molecule has 1 heterocycles. The van der Waals surface area contributed by atoms with E-state index in [1.54, 1.807) is 0 Å². The molecule has 1 aliphatic heterocycles. The molecule has 2 N–H and O–H groups in total. The molecular formula is C17H27N3O. The van der Waals surface area contributed by atoms with Crippen LogP contribution in [0.4, 0.5) is 5.69 Å². The highest BCUT2D eigenvalue weighted by Crippen LogP contribution is 2.25. The number of unbranched alkanes of at least 4 members (excludes halogenated alkanes) is 3. The topological polar surface area (TPSA) is 49.6 Å². The summed E-state index contributed by atoms with van der Waals surface area (Å²) in [7, 11) is 2.11. The largest absolute Gasteiger partial charge is 0.330 e. The van der Waals surface area contributed by atoms with Gasteiger partial charge in [0, 0.05) is 31.7 Å². The van der Waals surface area contributed by atoms with E-state index >= 15 is 0 Å². The van der Waals surface area contributed by atoms with Gasteiger partial charge in [-0.15, -0.1) is 0 Å². The Bertz CT molecular complexity index is 461. The molecular weight excluding hydrogens is 262 g/mol. The lowest BCUT2D eigenvalue weighted by molar-refractivity contribution is -0.118. The van der Waals surface area contributed by atoms with E-state index in [0.717, 1.165) is 57.5 Å². The van der Waals surface area contributed by atoms with E-state index in [0.29, 0.717) is 6.42 Å². The van der Waals surface area contributed by atoms with Crippen LogP contribution in [0.3, 0.4) is 0 Å². The number of nitrogens with two attached hydrogens (primary N) is 1. The number of nitrogens with zero attached hydrogens (tertiary/aromatic N) is 2. The molecule has 0 spiro atoms. The Labute approximate surface area is 127 Å². The van der Waals surface area contributed by atoms with Crippen molar-refractivity contribution in [3.05, 3.63) is 29.8 Å². The predicted octanol–water partition coefficient (Wildman–Crippen LogP) is 2.37. The summed E-state index contributed by atoms with van der Waals surface area (Å²) in [6.07, 6.45) is 4.89. The number of anilines is 1. The number of carbonyl (C=O) groups excluding carboxylic acids is 1. The van der Waals surface area contributed by atoms with E-state index in [2.05, 4.69) is 24.1 Å². The molecule has 0 aromatic heterocycles. The summed E-state index contributed by atoms with van der Waals surface area (Å²) in [6.45, 7) is 3.37. The molecule has 0 atom stereocenters. The van der Waals surface area contributed by atoms with Crippen LogP contribution >= 0.6 is 0 Å². The molecule has 1 amide bonds. The van der Waals surface area contributed by atoms with E-state index in [4.69, 9.17) is 5.73 Å². The Hall–Kier alpha value is -1.39. The minimum absolute atomic E-state index is 0.255. The van der Waals surface area contributed by atoms with Crippen LogP contribution in [-0.4, -0.2) is 37.5 Å². The molecule has 0 radical (unpaired) electrons. The van der Waals surface area contributed by atoms with Crippen LogP contribution in [-0.2, 0) is 11.3 Å². The van der Waals surface area contributed by atoms with Crippen LogP contribution in [0.2, 0.25) is 0 Å². The summed E-state index contributed by atoms with van der Waals surface area (Å²) >= 11 is 0. The van der Waals surface area contributed by atoms with Crippen molar-refractivity contribution in [1.29, 1.82) is 0 Å². The second-order valence-corrected chi connectivity index (χ2v) is 5.86. The average Bonchev–Trinajstić information content (AvgIpc) is 2.65. The Morgan fingerprint density at radius 1 is 1.14 bits per heavy atom. The first-order valence-corrected chi connectivity index (χ1v) is 7.99. The third-order valence-corrected chi connectivity index (χ3v) is 4.07. The molecule has 4 nitrogen and oxygen atoms in total. The first-order valence-electron chi connectivity index (χ1n) is 7.99. The van der Waals surface area contributed by atoms with Crippen molar-refractivity contribution in [3.63, 3.8) is 0 Å². The van der Waals surface area contributed by atoms with Gasteiger partial charge < -0.3 is 15.5 Å². The van der Waals surface area contributed by atoms with Crippen molar-refractivity contribution in [1.82, 2.24) is 4.90 Å². The molecule has 116 valence electrons. The Balaban J connectivity index is 1.97. The second kappa shape index (κ2) is 8.15. The molecule has 0 aliphatic carbocycles. The van der Waals surface area contributed by atoms with E-state index < -0.39 is 0 Å². The van der Waals surface area contributed by atoms with Gasteiger partial charge in [-0.1, -0.05) is 31.0 Å². The van der Waals surface area contributed by atoms with Gasteiger partial charge >= 0.3 is 0 Å². The summed E-state index contributed by atoms with van der Waals surface area (Å²) < 4.78 is 0. The molecule has 2 rings (SSSR count). The zero-order valence-corrected chi connectivity index (χ0v) is 13.1. The van der Waals surface area contributed by atoms with Crippen LogP contribution in [0.15, 0.2) is 24.3 Å². The molecule has 0 saturated carbocycles. The number of fused-ring (bicyclic) bond motifs is 1. The van der Waals surface area contributed by atoms with Gasteiger partial charge in [0.15, 0.2) is 0 Å². The fraction of sp³-hybridized carbons (Fsp3) is 0.588. The molecule has 21 heavy (non-hydrogen) atoms. The molecule has 1 aromatic rings. The average molecular weight is 289 g/mol. The lowest BCUT2D eigenvalue weighted by atomic mass is 10.1. The summed E-state index contributed by atoms with van der Waals surface area (Å²) in [5.74, 6) is 0.255. The number of rotatable bonds is 6. The summed E-state index contributed by atoms with van der Waals surface area (Å²) in [6, 6.07) is 8.26. The second-order valence-electron chi connectivity index (χ2n) is 5.86. The quantitative estimate of drug-likeness (QED) is 0.818. The predicted molar refractivity (Wildman–Crippen MR) is 87.3 cm³/mol. The van der Waals surface area contributed by atoms with Gasteiger partial charge in [-0.05, 0) is 38.1 Å². The number of hydrogen-bond acceptors (Lipinski definition) is 3. The number of para-hydroxylation sites is 1. The standard InChI is InChI=1S/C17H27N3O/c1-19-12-13-20(16-9-6-5-8-15(16)14-19)17(21)10-4-2-3-7-11-18/h5-6,8-9H,2-4,7,10-14,18H2,1H3. The summed E-state index contributed by atoms with van der Waals surface area (Å²) in [5, 5.41) is 0. The number of carbonyl (C=O) groups is 1. The van der Waals surface area contributed by atoms with Gasteiger partial charge in [-0.2, -0.15) is 0 Å². The third-order valence-electron chi connectivity index (χ3n) is 4.07. The molecule has 0 fully saturated rings. The molecule has 0 bridgehead atoms. The van der Waals surface area contributed by atoms with Crippen molar-refractivity contribution >= 4 is 11.6 Å². The normalized spacial score (nSPS) is 15.6. The monoisotopic (exact) mass is 289 g/mol. The lowest BCUT2D eigenvalue weighted by Gasteiger charge is -2.22. The lowest BCUT2D eigenvalue weighted by Crippen LogP contribution is -2.34. The fourth-order valence-electron chi connectivity index (χ4n) is 2.84. The maximum absolute atomic E-state index is 12.5. The van der Waals surface area contributed by atoms with Gasteiger partial charge in [-0.25, -0.2) is 0 Å². The van der Waals surface area contributed by atoms with Crippen molar-refractivity contribution < 1.29 is 4.79 Å². The smallest absolute Gasteiger partial charge is 0.227 e. The maximum Gasteiger partial charge on any atom is 0.227 e. The number of hydrogen-bond donors (Lipinski definition) is 1. The van der Waals surface area contributed by atoms with Crippen LogP contribution in [0.1, 0.15) is 37.7 Å².